The number of amides is 1. The Hall–Kier alpha value is -3.06. The summed E-state index contributed by atoms with van der Waals surface area (Å²) in [6, 6.07) is 13.6. The summed E-state index contributed by atoms with van der Waals surface area (Å²) in [7, 11) is 0. The Balaban J connectivity index is 1.54. The fraction of sp³-hybridized carbons (Fsp3) is 0.407. The third kappa shape index (κ3) is 6.29. The fourth-order valence-electron chi connectivity index (χ4n) is 4.71. The molecule has 180 valence electrons. The lowest BCUT2D eigenvalue weighted by molar-refractivity contribution is -0.128. The number of nitrogens with one attached hydrogen (secondary N) is 1. The smallest absolute Gasteiger partial charge is 0.270 e. The summed E-state index contributed by atoms with van der Waals surface area (Å²) in [6.45, 7) is 2.21. The lowest BCUT2D eigenvalue weighted by atomic mass is 9.86. The molecule has 5 nitrogen and oxygen atoms in total. The van der Waals surface area contributed by atoms with E-state index in [2.05, 4.69) is 22.4 Å². The first-order valence-electron chi connectivity index (χ1n) is 12.1. The highest BCUT2D eigenvalue weighted by Gasteiger charge is 2.28. The van der Waals surface area contributed by atoms with Crippen LogP contribution in [-0.2, 0) is 11.2 Å². The number of nitrogens with zero attached hydrogens (tertiary/aromatic N) is 2. The van der Waals surface area contributed by atoms with Gasteiger partial charge in [-0.05, 0) is 69.2 Å². The molecule has 0 bridgehead atoms. The monoisotopic (exact) mass is 466 g/mol. The van der Waals surface area contributed by atoms with Gasteiger partial charge in [-0.25, -0.2) is 8.78 Å². The van der Waals surface area contributed by atoms with Gasteiger partial charge in [0.15, 0.2) is 0 Å². The van der Waals surface area contributed by atoms with E-state index < -0.39 is 11.6 Å². The number of likely N-dealkylation sites (tertiary alicyclic amines) is 1. The molecule has 2 fully saturated rings. The number of aliphatic imine (C=N–C) groups is 1. The molecule has 1 aliphatic heterocycles. The Morgan fingerprint density at radius 3 is 2.47 bits per heavy atom. The molecule has 1 unspecified atom stereocenters. The van der Waals surface area contributed by atoms with Crippen molar-refractivity contribution in [3.8, 4) is 0 Å². The van der Waals surface area contributed by atoms with Gasteiger partial charge in [-0.3, -0.25) is 9.79 Å². The molecule has 2 aliphatic rings. The summed E-state index contributed by atoms with van der Waals surface area (Å²) < 4.78 is 27.5. The van der Waals surface area contributed by atoms with Crippen LogP contribution in [0.25, 0.3) is 0 Å². The van der Waals surface area contributed by atoms with Gasteiger partial charge >= 0.3 is 0 Å². The summed E-state index contributed by atoms with van der Waals surface area (Å²) >= 11 is 0. The van der Waals surface area contributed by atoms with Crippen LogP contribution in [0.1, 0.15) is 44.1 Å². The van der Waals surface area contributed by atoms with E-state index in [1.165, 1.54) is 17.7 Å². The third-order valence-electron chi connectivity index (χ3n) is 6.53. The highest BCUT2D eigenvalue weighted by atomic mass is 19.1. The number of carbonyl (C=O) groups excluding carboxylic acids is 1. The Labute approximate surface area is 199 Å². The molecule has 2 aromatic carbocycles. The average molecular weight is 467 g/mol. The Bertz CT molecular complexity index is 1040. The average Bonchev–Trinajstić information content (AvgIpc) is 2.84. The number of hydrogen-bond acceptors (Lipinski definition) is 4. The molecule has 1 saturated carbocycles. The summed E-state index contributed by atoms with van der Waals surface area (Å²) in [5.41, 5.74) is 9.41. The zero-order valence-corrected chi connectivity index (χ0v) is 19.4. The summed E-state index contributed by atoms with van der Waals surface area (Å²) in [4.78, 5) is 19.5. The highest BCUT2D eigenvalue weighted by molar-refractivity contribution is 6.09. The van der Waals surface area contributed by atoms with E-state index in [0.717, 1.165) is 44.7 Å². The van der Waals surface area contributed by atoms with E-state index in [4.69, 9.17) is 5.73 Å². The molecule has 1 heterocycles. The number of carbonyl (C=O) groups is 1. The number of rotatable bonds is 6. The first kappa shape index (κ1) is 24.1. The molecule has 3 N–H and O–H groups in total. The van der Waals surface area contributed by atoms with Crippen LogP contribution in [0.15, 0.2) is 64.8 Å². The molecule has 1 amide bonds. The van der Waals surface area contributed by atoms with E-state index in [1.54, 1.807) is 4.90 Å². The van der Waals surface area contributed by atoms with Crippen LogP contribution < -0.4 is 11.1 Å². The topological polar surface area (TPSA) is 70.7 Å². The zero-order chi connectivity index (χ0) is 23.9. The van der Waals surface area contributed by atoms with Crippen LogP contribution in [0, 0.1) is 11.6 Å². The van der Waals surface area contributed by atoms with Crippen LogP contribution in [-0.4, -0.2) is 42.2 Å². The van der Waals surface area contributed by atoms with Gasteiger partial charge in [0.25, 0.3) is 5.91 Å². The van der Waals surface area contributed by atoms with Crippen LogP contribution in [0.3, 0.4) is 0 Å². The van der Waals surface area contributed by atoms with Crippen molar-refractivity contribution in [2.24, 2.45) is 10.7 Å². The van der Waals surface area contributed by atoms with Gasteiger partial charge in [0.2, 0.25) is 0 Å². The van der Waals surface area contributed by atoms with Crippen molar-refractivity contribution in [1.29, 1.82) is 0 Å². The van der Waals surface area contributed by atoms with Gasteiger partial charge in [0.05, 0.1) is 5.69 Å². The number of nitrogens with two attached hydrogens (primary N) is 1. The van der Waals surface area contributed by atoms with E-state index in [1.807, 2.05) is 18.2 Å². The van der Waals surface area contributed by atoms with Crippen molar-refractivity contribution in [3.63, 3.8) is 0 Å². The second-order valence-electron chi connectivity index (χ2n) is 9.06. The Morgan fingerprint density at radius 2 is 1.76 bits per heavy atom. The second-order valence-corrected chi connectivity index (χ2v) is 9.06. The fourth-order valence-corrected chi connectivity index (χ4v) is 4.71. The summed E-state index contributed by atoms with van der Waals surface area (Å²) in [5.74, 6) is -1.53. The number of benzene rings is 2. The maximum absolute atomic E-state index is 13.7. The maximum atomic E-state index is 13.7. The Kier molecular flexibility index (Phi) is 8.06. The van der Waals surface area contributed by atoms with Gasteiger partial charge in [-0.1, -0.05) is 30.3 Å². The van der Waals surface area contributed by atoms with Crippen LogP contribution >= 0.6 is 0 Å². The maximum Gasteiger partial charge on any atom is 0.270 e. The zero-order valence-electron chi connectivity index (χ0n) is 19.4. The summed E-state index contributed by atoms with van der Waals surface area (Å²) in [5, 5.41) is 3.59. The molecule has 1 saturated heterocycles. The quantitative estimate of drug-likeness (QED) is 0.609. The first-order chi connectivity index (χ1) is 16.5. The normalized spacial score (nSPS) is 21.5. The van der Waals surface area contributed by atoms with Gasteiger partial charge in [-0.15, -0.1) is 0 Å². The van der Waals surface area contributed by atoms with Crippen molar-refractivity contribution in [2.45, 2.75) is 51.0 Å². The predicted octanol–water partition coefficient (Wildman–Crippen LogP) is 4.65. The van der Waals surface area contributed by atoms with Crippen LogP contribution in [0.2, 0.25) is 0 Å². The van der Waals surface area contributed by atoms with Crippen LogP contribution in [0.4, 0.5) is 14.5 Å². The predicted molar refractivity (Wildman–Crippen MR) is 131 cm³/mol. The number of hydrogen-bond donors (Lipinski definition) is 2. The van der Waals surface area contributed by atoms with Gasteiger partial charge < -0.3 is 16.0 Å². The molecule has 2 aromatic rings. The molecule has 1 aliphatic carbocycles. The number of halogens is 2. The molecule has 0 radical (unpaired) electrons. The lowest BCUT2D eigenvalue weighted by Gasteiger charge is -2.31. The van der Waals surface area contributed by atoms with Crippen molar-refractivity contribution in [1.82, 2.24) is 10.2 Å². The molecule has 4 rings (SSSR count). The van der Waals surface area contributed by atoms with Crippen LogP contribution in [0.5, 0.6) is 0 Å². The van der Waals surface area contributed by atoms with Crippen molar-refractivity contribution in [2.75, 3.05) is 19.6 Å². The standard InChI is InChI=1S/C27H32F2N4O/c28-20-15-21(29)17-23(16-20)32-25-10-9-22(31-12-11-19-7-3-1-4-8-19)18-24(25)26(30)27(34)33-13-5-2-6-14-33/h1,3-4,7-8,15-17,22,31H,2,5-6,9-14,18,30H2/b26-24-,32-25?. The van der Waals surface area contributed by atoms with E-state index in [9.17, 15) is 13.6 Å². The minimum Gasteiger partial charge on any atom is -0.394 e. The van der Waals surface area contributed by atoms with E-state index in [0.29, 0.717) is 37.2 Å². The highest BCUT2D eigenvalue weighted by Crippen LogP contribution is 2.28. The van der Waals surface area contributed by atoms with Crippen molar-refractivity contribution in [3.05, 3.63) is 77.0 Å². The van der Waals surface area contributed by atoms with Gasteiger partial charge in [0, 0.05) is 36.5 Å². The minimum absolute atomic E-state index is 0.148. The molecule has 1 atom stereocenters. The number of piperidine rings is 1. The molecular formula is C27H32F2N4O. The molecule has 34 heavy (non-hydrogen) atoms. The SMILES string of the molecule is N/C(C(=O)N1CCCCC1)=C1/CC(NCCc2ccccc2)CCC1=Nc1cc(F)cc(F)c1. The van der Waals surface area contributed by atoms with Gasteiger partial charge in [-0.2, -0.15) is 0 Å². The Morgan fingerprint density at radius 1 is 1.06 bits per heavy atom. The molecule has 0 spiro atoms. The second kappa shape index (κ2) is 11.4. The van der Waals surface area contributed by atoms with Crippen molar-refractivity contribution < 1.29 is 13.6 Å². The molecule has 0 aromatic heterocycles. The largest absolute Gasteiger partial charge is 0.394 e. The molecule has 7 heteroatoms. The first-order valence-corrected chi connectivity index (χ1v) is 12.1. The van der Waals surface area contributed by atoms with Crippen molar-refractivity contribution >= 4 is 17.3 Å². The molecular weight excluding hydrogens is 434 g/mol. The van der Waals surface area contributed by atoms with E-state index >= 15 is 0 Å². The van der Waals surface area contributed by atoms with Gasteiger partial charge in [0.1, 0.15) is 17.3 Å². The summed E-state index contributed by atoms with van der Waals surface area (Å²) in [6.07, 6.45) is 5.90. The minimum atomic E-state index is -0.682. The third-order valence-corrected chi connectivity index (χ3v) is 6.53. The van der Waals surface area contributed by atoms with E-state index in [-0.39, 0.29) is 23.3 Å². The lowest BCUT2D eigenvalue weighted by Crippen LogP contribution is -2.41.